The molecule has 2 fully saturated rings. The van der Waals surface area contributed by atoms with Crippen LogP contribution < -0.4 is 0 Å². The van der Waals surface area contributed by atoms with Crippen LogP contribution in [-0.2, 0) is 6.54 Å². The number of piperidine rings is 1. The number of thiophene rings is 1. The molecule has 5 rings (SSSR count). The molecule has 2 saturated heterocycles. The number of amides is 1. The van der Waals surface area contributed by atoms with Crippen molar-refractivity contribution in [2.45, 2.75) is 24.9 Å². The standard InChI is InChI=1S/C24H24ClN3OS/c25-20-3-1-17(2-4-20)13-27-11-7-23-22(14-27)21(19-8-12-30-16-19)15-28(23)24(29)18-5-9-26-10-6-18/h1-6,8-10,12,16,21-23H,7,11,13-15H2/t21-,22-,23-/m0/s1. The summed E-state index contributed by atoms with van der Waals surface area (Å²) in [7, 11) is 0. The highest BCUT2D eigenvalue weighted by molar-refractivity contribution is 7.08. The third-order valence-corrected chi connectivity index (χ3v) is 7.45. The van der Waals surface area contributed by atoms with E-state index in [1.807, 2.05) is 24.3 Å². The number of fused-ring (bicyclic) bond motifs is 1. The summed E-state index contributed by atoms with van der Waals surface area (Å²) in [4.78, 5) is 22.0. The topological polar surface area (TPSA) is 36.4 Å². The Hall–Kier alpha value is -2.21. The van der Waals surface area contributed by atoms with E-state index in [2.05, 4.69) is 43.7 Å². The smallest absolute Gasteiger partial charge is 0.254 e. The van der Waals surface area contributed by atoms with Crippen LogP contribution in [0.15, 0.2) is 65.6 Å². The van der Waals surface area contributed by atoms with Crippen LogP contribution in [0, 0.1) is 5.92 Å². The molecule has 154 valence electrons. The molecule has 2 aromatic heterocycles. The van der Waals surface area contributed by atoms with Gasteiger partial charge in [-0.2, -0.15) is 11.3 Å². The summed E-state index contributed by atoms with van der Waals surface area (Å²) < 4.78 is 0. The summed E-state index contributed by atoms with van der Waals surface area (Å²) in [5.74, 6) is 0.975. The molecule has 0 spiro atoms. The zero-order valence-corrected chi connectivity index (χ0v) is 18.2. The lowest BCUT2D eigenvalue weighted by Crippen LogP contribution is -2.47. The minimum Gasteiger partial charge on any atom is -0.335 e. The van der Waals surface area contributed by atoms with Crippen LogP contribution >= 0.6 is 22.9 Å². The molecule has 2 aliphatic rings. The first kappa shape index (κ1) is 19.7. The predicted molar refractivity (Wildman–Crippen MR) is 121 cm³/mol. The van der Waals surface area contributed by atoms with E-state index in [9.17, 15) is 4.79 Å². The second-order valence-electron chi connectivity index (χ2n) is 8.24. The van der Waals surface area contributed by atoms with Gasteiger partial charge in [-0.25, -0.2) is 0 Å². The summed E-state index contributed by atoms with van der Waals surface area (Å²) in [6, 6.07) is 14.3. The molecule has 0 aliphatic carbocycles. The Morgan fingerprint density at radius 3 is 2.63 bits per heavy atom. The van der Waals surface area contributed by atoms with Gasteiger partial charge in [-0.05, 0) is 58.6 Å². The fourth-order valence-corrected chi connectivity index (χ4v) is 5.88. The molecule has 6 heteroatoms. The van der Waals surface area contributed by atoms with Crippen molar-refractivity contribution < 1.29 is 4.79 Å². The van der Waals surface area contributed by atoms with Gasteiger partial charge in [0.15, 0.2) is 0 Å². The molecule has 1 aromatic carbocycles. The van der Waals surface area contributed by atoms with Crippen LogP contribution in [-0.4, -0.2) is 46.4 Å². The number of hydrogen-bond donors (Lipinski definition) is 0. The molecule has 0 N–H and O–H groups in total. The van der Waals surface area contributed by atoms with Gasteiger partial charge in [0, 0.05) is 67.0 Å². The van der Waals surface area contributed by atoms with Gasteiger partial charge in [0.05, 0.1) is 0 Å². The van der Waals surface area contributed by atoms with Crippen molar-refractivity contribution in [1.82, 2.24) is 14.8 Å². The molecular formula is C24H24ClN3OS. The number of nitrogens with zero attached hydrogens (tertiary/aromatic N) is 3. The highest BCUT2D eigenvalue weighted by Gasteiger charge is 2.47. The van der Waals surface area contributed by atoms with Gasteiger partial charge in [-0.15, -0.1) is 0 Å². The quantitative estimate of drug-likeness (QED) is 0.580. The van der Waals surface area contributed by atoms with Crippen molar-refractivity contribution in [2.24, 2.45) is 5.92 Å². The van der Waals surface area contributed by atoms with Crippen LogP contribution in [0.4, 0.5) is 0 Å². The molecular weight excluding hydrogens is 414 g/mol. The van der Waals surface area contributed by atoms with Crippen molar-refractivity contribution >= 4 is 28.8 Å². The van der Waals surface area contributed by atoms with E-state index < -0.39 is 0 Å². The number of likely N-dealkylation sites (tertiary alicyclic amines) is 2. The van der Waals surface area contributed by atoms with E-state index in [0.717, 1.165) is 43.2 Å². The molecule has 4 nitrogen and oxygen atoms in total. The molecule has 0 bridgehead atoms. The van der Waals surface area contributed by atoms with E-state index in [0.29, 0.717) is 11.8 Å². The lowest BCUT2D eigenvalue weighted by atomic mass is 9.82. The molecule has 1 amide bonds. The number of carbonyl (C=O) groups excluding carboxylic acids is 1. The maximum Gasteiger partial charge on any atom is 0.254 e. The van der Waals surface area contributed by atoms with Gasteiger partial charge in [-0.3, -0.25) is 14.7 Å². The van der Waals surface area contributed by atoms with Crippen LogP contribution in [0.1, 0.15) is 33.8 Å². The fourth-order valence-electron chi connectivity index (χ4n) is 5.03. The normalized spacial score (nSPS) is 24.0. The molecule has 3 atom stereocenters. The number of hydrogen-bond acceptors (Lipinski definition) is 4. The van der Waals surface area contributed by atoms with Crippen LogP contribution in [0.3, 0.4) is 0 Å². The Labute approximate surface area is 186 Å². The van der Waals surface area contributed by atoms with E-state index in [1.54, 1.807) is 23.7 Å². The lowest BCUT2D eigenvalue weighted by molar-refractivity contribution is 0.0614. The molecule has 3 aromatic rings. The van der Waals surface area contributed by atoms with Gasteiger partial charge in [0.25, 0.3) is 5.91 Å². The lowest BCUT2D eigenvalue weighted by Gasteiger charge is -2.39. The van der Waals surface area contributed by atoms with Gasteiger partial charge in [0.2, 0.25) is 0 Å². The molecule has 0 radical (unpaired) electrons. The average Bonchev–Trinajstić information content (AvgIpc) is 3.43. The Morgan fingerprint density at radius 2 is 1.90 bits per heavy atom. The maximum atomic E-state index is 13.3. The van der Waals surface area contributed by atoms with Gasteiger partial charge in [0.1, 0.15) is 0 Å². The van der Waals surface area contributed by atoms with Crippen LogP contribution in [0.5, 0.6) is 0 Å². The first-order valence-corrected chi connectivity index (χ1v) is 11.7. The monoisotopic (exact) mass is 437 g/mol. The minimum atomic E-state index is 0.135. The number of halogens is 1. The van der Waals surface area contributed by atoms with E-state index in [-0.39, 0.29) is 11.9 Å². The Morgan fingerprint density at radius 1 is 1.10 bits per heavy atom. The van der Waals surface area contributed by atoms with Crippen molar-refractivity contribution in [3.63, 3.8) is 0 Å². The van der Waals surface area contributed by atoms with E-state index in [1.165, 1.54) is 11.1 Å². The van der Waals surface area contributed by atoms with Gasteiger partial charge < -0.3 is 4.90 Å². The fraction of sp³-hybridized carbons (Fsp3) is 0.333. The highest BCUT2D eigenvalue weighted by Crippen LogP contribution is 2.42. The van der Waals surface area contributed by atoms with Crippen molar-refractivity contribution in [1.29, 1.82) is 0 Å². The second-order valence-corrected chi connectivity index (χ2v) is 9.45. The zero-order valence-electron chi connectivity index (χ0n) is 16.7. The van der Waals surface area contributed by atoms with Gasteiger partial charge >= 0.3 is 0 Å². The SMILES string of the molecule is O=C(c1ccncc1)N1C[C@@H](c2ccsc2)[C@@H]2CN(Cc3ccc(Cl)cc3)CC[C@@H]21. The summed E-state index contributed by atoms with van der Waals surface area (Å²) in [6.45, 7) is 3.73. The van der Waals surface area contributed by atoms with Crippen molar-refractivity contribution in [3.05, 3.63) is 87.3 Å². The molecule has 30 heavy (non-hydrogen) atoms. The second kappa shape index (κ2) is 8.50. The first-order valence-electron chi connectivity index (χ1n) is 10.4. The highest BCUT2D eigenvalue weighted by atomic mass is 35.5. The van der Waals surface area contributed by atoms with Gasteiger partial charge in [-0.1, -0.05) is 23.7 Å². The third kappa shape index (κ3) is 3.89. The molecule has 0 unspecified atom stereocenters. The van der Waals surface area contributed by atoms with E-state index >= 15 is 0 Å². The third-order valence-electron chi connectivity index (χ3n) is 6.49. The average molecular weight is 438 g/mol. The number of aromatic nitrogens is 1. The zero-order chi connectivity index (χ0) is 20.5. The van der Waals surface area contributed by atoms with Crippen LogP contribution in [0.25, 0.3) is 0 Å². The minimum absolute atomic E-state index is 0.135. The Bertz CT molecular complexity index is 993. The number of benzene rings is 1. The largest absolute Gasteiger partial charge is 0.335 e. The van der Waals surface area contributed by atoms with Crippen molar-refractivity contribution in [2.75, 3.05) is 19.6 Å². The number of pyridine rings is 1. The maximum absolute atomic E-state index is 13.3. The number of carbonyl (C=O) groups is 1. The first-order chi connectivity index (χ1) is 14.7. The molecule has 2 aliphatic heterocycles. The number of rotatable bonds is 4. The van der Waals surface area contributed by atoms with Crippen LogP contribution in [0.2, 0.25) is 5.02 Å². The summed E-state index contributed by atoms with van der Waals surface area (Å²) in [6.07, 6.45) is 4.41. The van der Waals surface area contributed by atoms with E-state index in [4.69, 9.17) is 11.6 Å². The Kier molecular flexibility index (Phi) is 5.59. The summed E-state index contributed by atoms with van der Waals surface area (Å²) in [5.41, 5.74) is 3.39. The molecule has 4 heterocycles. The van der Waals surface area contributed by atoms with Crippen molar-refractivity contribution in [3.8, 4) is 0 Å². The summed E-state index contributed by atoms with van der Waals surface area (Å²) >= 11 is 7.78. The predicted octanol–water partition coefficient (Wildman–Crippen LogP) is 4.93. The Balaban J connectivity index is 1.38. The summed E-state index contributed by atoms with van der Waals surface area (Å²) in [5, 5.41) is 5.17. The molecule has 0 saturated carbocycles.